The van der Waals surface area contributed by atoms with Crippen molar-refractivity contribution in [2.75, 3.05) is 13.6 Å². The molecule has 1 aliphatic rings. The van der Waals surface area contributed by atoms with Crippen molar-refractivity contribution in [3.8, 4) is 0 Å². The van der Waals surface area contributed by atoms with Crippen LogP contribution in [0.15, 0.2) is 24.3 Å². The van der Waals surface area contributed by atoms with E-state index in [0.29, 0.717) is 23.6 Å². The summed E-state index contributed by atoms with van der Waals surface area (Å²) in [5.74, 6) is 0.0301. The molecule has 1 aliphatic carbocycles. The first-order valence-corrected chi connectivity index (χ1v) is 6.98. The van der Waals surface area contributed by atoms with Gasteiger partial charge in [0.25, 0.3) is 11.8 Å². The van der Waals surface area contributed by atoms with Gasteiger partial charge in [0.05, 0.1) is 0 Å². The summed E-state index contributed by atoms with van der Waals surface area (Å²) in [7, 11) is 1.57. The Labute approximate surface area is 118 Å². The predicted octanol–water partition coefficient (Wildman–Crippen LogP) is 0.903. The number of hydrogen-bond donors (Lipinski definition) is 3. The molecule has 1 aromatic carbocycles. The summed E-state index contributed by atoms with van der Waals surface area (Å²) in [6.07, 6.45) is 3.15. The maximum atomic E-state index is 12.2. The second kappa shape index (κ2) is 6.52. The van der Waals surface area contributed by atoms with E-state index in [1.54, 1.807) is 31.3 Å². The highest BCUT2D eigenvalue weighted by Crippen LogP contribution is 2.24. The van der Waals surface area contributed by atoms with Crippen LogP contribution in [0.25, 0.3) is 0 Å². The van der Waals surface area contributed by atoms with Crippen molar-refractivity contribution in [3.05, 3.63) is 35.4 Å². The molecule has 0 saturated heterocycles. The molecular formula is C15H21N3O2. The minimum absolute atomic E-state index is 0.138. The number of benzene rings is 1. The van der Waals surface area contributed by atoms with Gasteiger partial charge in [-0.2, -0.15) is 0 Å². The normalized spacial score (nSPS) is 21.5. The van der Waals surface area contributed by atoms with E-state index in [4.69, 9.17) is 5.73 Å². The van der Waals surface area contributed by atoms with Gasteiger partial charge >= 0.3 is 0 Å². The molecule has 0 aliphatic heterocycles. The van der Waals surface area contributed by atoms with E-state index in [2.05, 4.69) is 10.6 Å². The minimum Gasteiger partial charge on any atom is -0.355 e. The monoisotopic (exact) mass is 275 g/mol. The van der Waals surface area contributed by atoms with E-state index >= 15 is 0 Å². The average Bonchev–Trinajstić information content (AvgIpc) is 2.93. The van der Waals surface area contributed by atoms with E-state index in [1.807, 2.05) is 0 Å². The van der Waals surface area contributed by atoms with Crippen molar-refractivity contribution >= 4 is 11.8 Å². The maximum Gasteiger partial charge on any atom is 0.251 e. The fraction of sp³-hybridized carbons (Fsp3) is 0.467. The van der Waals surface area contributed by atoms with Gasteiger partial charge in [-0.25, -0.2) is 0 Å². The molecule has 2 rings (SSSR count). The van der Waals surface area contributed by atoms with Gasteiger partial charge in [-0.3, -0.25) is 9.59 Å². The number of rotatable bonds is 4. The molecule has 2 unspecified atom stereocenters. The third-order valence-electron chi connectivity index (χ3n) is 3.89. The summed E-state index contributed by atoms with van der Waals surface area (Å²) in [6.45, 7) is 0.600. The number of amides is 2. The van der Waals surface area contributed by atoms with Crippen LogP contribution in [0, 0.1) is 5.92 Å². The summed E-state index contributed by atoms with van der Waals surface area (Å²) < 4.78 is 0. The lowest BCUT2D eigenvalue weighted by atomic mass is 10.0. The second-order valence-corrected chi connectivity index (χ2v) is 5.17. The zero-order valence-corrected chi connectivity index (χ0v) is 11.7. The minimum atomic E-state index is -0.194. The fourth-order valence-corrected chi connectivity index (χ4v) is 2.71. The molecule has 20 heavy (non-hydrogen) atoms. The van der Waals surface area contributed by atoms with Gasteiger partial charge in [0.15, 0.2) is 0 Å². The first kappa shape index (κ1) is 14.5. The first-order valence-electron chi connectivity index (χ1n) is 6.98. The Morgan fingerprint density at radius 2 is 1.95 bits per heavy atom. The zero-order valence-electron chi connectivity index (χ0n) is 11.7. The van der Waals surface area contributed by atoms with Gasteiger partial charge in [-0.1, -0.05) is 12.5 Å². The van der Waals surface area contributed by atoms with Crippen molar-refractivity contribution < 1.29 is 9.59 Å². The molecule has 0 heterocycles. The SMILES string of the molecule is CNC(=O)c1cccc(C(=O)NC2CCCC2CN)c1. The third kappa shape index (κ3) is 3.17. The van der Waals surface area contributed by atoms with E-state index in [1.165, 1.54) is 0 Å². The fourth-order valence-electron chi connectivity index (χ4n) is 2.71. The van der Waals surface area contributed by atoms with Crippen molar-refractivity contribution in [2.24, 2.45) is 11.7 Å². The van der Waals surface area contributed by atoms with Gasteiger partial charge in [0.1, 0.15) is 0 Å². The van der Waals surface area contributed by atoms with Crippen LogP contribution in [0.2, 0.25) is 0 Å². The molecule has 1 fully saturated rings. The zero-order chi connectivity index (χ0) is 14.5. The van der Waals surface area contributed by atoms with Gasteiger partial charge < -0.3 is 16.4 Å². The van der Waals surface area contributed by atoms with Crippen molar-refractivity contribution in [1.29, 1.82) is 0 Å². The van der Waals surface area contributed by atoms with Gasteiger partial charge in [0, 0.05) is 24.2 Å². The molecule has 1 aromatic rings. The molecule has 4 N–H and O–H groups in total. The Hall–Kier alpha value is -1.88. The van der Waals surface area contributed by atoms with E-state index in [0.717, 1.165) is 19.3 Å². The van der Waals surface area contributed by atoms with E-state index in [-0.39, 0.29) is 17.9 Å². The topological polar surface area (TPSA) is 84.2 Å². The molecular weight excluding hydrogens is 254 g/mol. The highest BCUT2D eigenvalue weighted by molar-refractivity contribution is 5.99. The van der Waals surface area contributed by atoms with Gasteiger partial charge in [-0.15, -0.1) is 0 Å². The molecule has 0 radical (unpaired) electrons. The number of carbonyl (C=O) groups is 2. The first-order chi connectivity index (χ1) is 9.65. The number of hydrogen-bond acceptors (Lipinski definition) is 3. The standard InChI is InChI=1S/C15H21N3O2/c1-17-14(19)10-4-2-5-11(8-10)15(20)18-13-7-3-6-12(13)9-16/h2,4-5,8,12-13H,3,6-7,9,16H2,1H3,(H,17,19)(H,18,20). The van der Waals surface area contributed by atoms with E-state index < -0.39 is 0 Å². The van der Waals surface area contributed by atoms with Crippen molar-refractivity contribution in [3.63, 3.8) is 0 Å². The lowest BCUT2D eigenvalue weighted by Gasteiger charge is -2.19. The van der Waals surface area contributed by atoms with Crippen LogP contribution in [0.1, 0.15) is 40.0 Å². The van der Waals surface area contributed by atoms with E-state index in [9.17, 15) is 9.59 Å². The van der Waals surface area contributed by atoms with Crippen LogP contribution < -0.4 is 16.4 Å². The molecule has 0 bridgehead atoms. The molecule has 0 aromatic heterocycles. The number of carbonyl (C=O) groups excluding carboxylic acids is 2. The Morgan fingerprint density at radius 3 is 2.60 bits per heavy atom. The summed E-state index contributed by atoms with van der Waals surface area (Å²) in [4.78, 5) is 23.8. The largest absolute Gasteiger partial charge is 0.355 e. The highest BCUT2D eigenvalue weighted by Gasteiger charge is 2.27. The van der Waals surface area contributed by atoms with Gasteiger partial charge in [0.2, 0.25) is 0 Å². The summed E-state index contributed by atoms with van der Waals surface area (Å²) >= 11 is 0. The lowest BCUT2D eigenvalue weighted by Crippen LogP contribution is -2.39. The smallest absolute Gasteiger partial charge is 0.251 e. The van der Waals surface area contributed by atoms with Crippen molar-refractivity contribution in [2.45, 2.75) is 25.3 Å². The predicted molar refractivity (Wildman–Crippen MR) is 77.5 cm³/mol. The molecule has 2 amide bonds. The highest BCUT2D eigenvalue weighted by atomic mass is 16.2. The van der Waals surface area contributed by atoms with Crippen LogP contribution in [-0.2, 0) is 0 Å². The molecule has 5 heteroatoms. The molecule has 108 valence electrons. The van der Waals surface area contributed by atoms with Gasteiger partial charge in [-0.05, 0) is 43.5 Å². The van der Waals surface area contributed by atoms with Crippen LogP contribution in [0.5, 0.6) is 0 Å². The molecule has 1 saturated carbocycles. The molecule has 0 spiro atoms. The Morgan fingerprint density at radius 1 is 1.25 bits per heavy atom. The number of nitrogens with one attached hydrogen (secondary N) is 2. The Bertz CT molecular complexity index is 502. The Kier molecular flexibility index (Phi) is 4.74. The molecule has 5 nitrogen and oxygen atoms in total. The third-order valence-corrected chi connectivity index (χ3v) is 3.89. The maximum absolute atomic E-state index is 12.2. The quantitative estimate of drug-likeness (QED) is 0.763. The van der Waals surface area contributed by atoms with Crippen LogP contribution >= 0.6 is 0 Å². The number of nitrogens with two attached hydrogens (primary N) is 1. The summed E-state index contributed by atoms with van der Waals surface area (Å²) in [5, 5.41) is 5.58. The summed E-state index contributed by atoms with van der Waals surface area (Å²) in [6, 6.07) is 6.88. The molecule has 2 atom stereocenters. The average molecular weight is 275 g/mol. The van der Waals surface area contributed by atoms with Crippen LogP contribution in [0.4, 0.5) is 0 Å². The van der Waals surface area contributed by atoms with Crippen LogP contribution in [-0.4, -0.2) is 31.4 Å². The Balaban J connectivity index is 2.07. The van der Waals surface area contributed by atoms with Crippen molar-refractivity contribution in [1.82, 2.24) is 10.6 Å². The second-order valence-electron chi connectivity index (χ2n) is 5.17. The van der Waals surface area contributed by atoms with Crippen LogP contribution in [0.3, 0.4) is 0 Å². The summed E-state index contributed by atoms with van der Waals surface area (Å²) in [5.41, 5.74) is 6.71. The lowest BCUT2D eigenvalue weighted by molar-refractivity contribution is 0.0928.